The molecule has 2 aliphatic rings. The molecule has 8 nitrogen and oxygen atoms in total. The number of aromatic nitrogens is 3. The maximum atomic E-state index is 13.3. The highest BCUT2D eigenvalue weighted by Gasteiger charge is 2.39. The minimum atomic E-state index is -4.55. The van der Waals surface area contributed by atoms with Gasteiger partial charge in [0.25, 0.3) is 0 Å². The summed E-state index contributed by atoms with van der Waals surface area (Å²) in [6.07, 6.45) is 0.856. The maximum absolute atomic E-state index is 13.3. The molecule has 3 aromatic rings. The summed E-state index contributed by atoms with van der Waals surface area (Å²) < 4.78 is 80.5. The van der Waals surface area contributed by atoms with Crippen molar-refractivity contribution < 1.29 is 30.8 Å². The molecule has 0 radical (unpaired) electrons. The Bertz CT molecular complexity index is 1400. The predicted octanol–water partition coefficient (Wildman–Crippen LogP) is 3.77. The molecule has 1 saturated heterocycles. The second-order valence-electron chi connectivity index (χ2n) is 9.10. The van der Waals surface area contributed by atoms with Gasteiger partial charge in [-0.3, -0.25) is 4.79 Å². The molecule has 0 spiro atoms. The first-order valence-electron chi connectivity index (χ1n) is 11.7. The molecule has 196 valence electrons. The molecule has 1 unspecified atom stereocenters. The quantitative estimate of drug-likeness (QED) is 0.463. The van der Waals surface area contributed by atoms with E-state index in [0.717, 1.165) is 47.2 Å². The van der Waals surface area contributed by atoms with Gasteiger partial charge in [-0.25, -0.2) is 22.5 Å². The average Bonchev–Trinajstić information content (AvgIpc) is 3.41. The van der Waals surface area contributed by atoms with Crippen molar-refractivity contribution in [1.29, 1.82) is 0 Å². The van der Waals surface area contributed by atoms with Crippen LogP contribution in [0.5, 0.6) is 0 Å². The Morgan fingerprint density at radius 1 is 1.08 bits per heavy atom. The van der Waals surface area contributed by atoms with Crippen LogP contribution in [0.3, 0.4) is 0 Å². The number of hydrogen-bond donors (Lipinski definition) is 1. The van der Waals surface area contributed by atoms with Gasteiger partial charge in [-0.15, -0.1) is 0 Å². The summed E-state index contributed by atoms with van der Waals surface area (Å²) in [5, 5.41) is 7.32. The molecule has 3 heterocycles. The molecule has 1 saturated carbocycles. The van der Waals surface area contributed by atoms with E-state index >= 15 is 0 Å². The van der Waals surface area contributed by atoms with Gasteiger partial charge < -0.3 is 5.32 Å². The smallest absolute Gasteiger partial charge is 0.351 e. The molecule has 37 heavy (non-hydrogen) atoms. The average molecular weight is 538 g/mol. The molecule has 2 aromatic heterocycles. The van der Waals surface area contributed by atoms with Crippen LogP contribution < -0.4 is 5.32 Å². The number of carbonyl (C=O) groups excluding carboxylic acids is 1. The zero-order valence-corrected chi connectivity index (χ0v) is 20.3. The summed E-state index contributed by atoms with van der Waals surface area (Å²) in [5.74, 6) is -0.833. The van der Waals surface area contributed by atoms with Gasteiger partial charge in [-0.2, -0.15) is 22.6 Å². The minimum absolute atomic E-state index is 0.0830. The van der Waals surface area contributed by atoms with E-state index in [1.54, 1.807) is 6.20 Å². The van der Waals surface area contributed by atoms with E-state index in [2.05, 4.69) is 15.4 Å². The first-order chi connectivity index (χ1) is 17.5. The van der Waals surface area contributed by atoms with Gasteiger partial charge in [0.2, 0.25) is 15.9 Å². The number of amides is 1. The number of rotatable bonds is 7. The summed E-state index contributed by atoms with van der Waals surface area (Å²) in [6, 6.07) is 5.70. The zero-order chi connectivity index (χ0) is 26.4. The van der Waals surface area contributed by atoms with Crippen LogP contribution >= 0.6 is 0 Å². The van der Waals surface area contributed by atoms with Gasteiger partial charge in [0.05, 0.1) is 22.5 Å². The molecule has 1 amide bonds. The molecule has 1 aromatic carbocycles. The monoisotopic (exact) mass is 537 g/mol. The maximum Gasteiger partial charge on any atom is 0.433 e. The lowest BCUT2D eigenvalue weighted by atomic mass is 10.1. The standard InChI is InChI=1S/C24H23F4N5O3S/c25-17-5-8-19(9-6-17)37(35,36)33-11-1-2-20(33)23(34)30-12-16-14-32(31-22(16)15-3-4-15)18-7-10-21(29-13-18)24(26,27)28/h5-10,13-15,20H,1-4,11-12H2,(H,30,34). The molecule has 1 aliphatic carbocycles. The van der Waals surface area contributed by atoms with E-state index in [0.29, 0.717) is 24.1 Å². The fraction of sp³-hybridized carbons (Fsp3) is 0.375. The minimum Gasteiger partial charge on any atom is -0.351 e. The normalized spacial score (nSPS) is 18.8. The number of nitrogens with one attached hydrogen (secondary N) is 1. The molecular weight excluding hydrogens is 514 g/mol. The van der Waals surface area contributed by atoms with E-state index < -0.39 is 39.7 Å². The van der Waals surface area contributed by atoms with Crippen LogP contribution in [0.25, 0.3) is 5.69 Å². The Morgan fingerprint density at radius 3 is 2.43 bits per heavy atom. The zero-order valence-electron chi connectivity index (χ0n) is 19.4. The molecule has 1 aliphatic heterocycles. The van der Waals surface area contributed by atoms with Crippen LogP contribution in [0.4, 0.5) is 17.6 Å². The molecule has 13 heteroatoms. The molecule has 2 fully saturated rings. The largest absolute Gasteiger partial charge is 0.433 e. The van der Waals surface area contributed by atoms with Crippen LogP contribution in [0.1, 0.15) is 48.6 Å². The number of sulfonamides is 1. The lowest BCUT2D eigenvalue weighted by molar-refractivity contribution is -0.141. The third-order valence-corrected chi connectivity index (χ3v) is 8.39. The Kier molecular flexibility index (Phi) is 6.52. The van der Waals surface area contributed by atoms with Crippen molar-refractivity contribution >= 4 is 15.9 Å². The number of alkyl halides is 3. The van der Waals surface area contributed by atoms with E-state index in [9.17, 15) is 30.8 Å². The van der Waals surface area contributed by atoms with Gasteiger partial charge >= 0.3 is 6.18 Å². The van der Waals surface area contributed by atoms with E-state index in [4.69, 9.17) is 0 Å². The van der Waals surface area contributed by atoms with Gasteiger partial charge in [-0.1, -0.05) is 0 Å². The Morgan fingerprint density at radius 2 is 1.81 bits per heavy atom. The number of pyridine rings is 1. The first-order valence-corrected chi connectivity index (χ1v) is 13.2. The number of benzene rings is 1. The van der Waals surface area contributed by atoms with Crippen molar-refractivity contribution in [2.45, 2.75) is 55.3 Å². The summed E-state index contributed by atoms with van der Waals surface area (Å²) in [7, 11) is -3.99. The fourth-order valence-corrected chi connectivity index (χ4v) is 6.07. The van der Waals surface area contributed by atoms with Gasteiger partial charge in [0.1, 0.15) is 17.6 Å². The Balaban J connectivity index is 1.31. The van der Waals surface area contributed by atoms with Crippen LogP contribution in [0, 0.1) is 5.82 Å². The van der Waals surface area contributed by atoms with Crippen LogP contribution in [0.15, 0.2) is 53.7 Å². The third-order valence-electron chi connectivity index (χ3n) is 6.47. The van der Waals surface area contributed by atoms with Crippen molar-refractivity contribution in [1.82, 2.24) is 24.4 Å². The number of nitrogens with zero attached hydrogens (tertiary/aromatic N) is 4. The SMILES string of the molecule is O=C(NCc1cn(-c2ccc(C(F)(F)F)nc2)nc1C1CC1)C1CCCN1S(=O)(=O)c1ccc(F)cc1. The summed E-state index contributed by atoms with van der Waals surface area (Å²) in [5.41, 5.74) is 0.777. The fourth-order valence-electron chi connectivity index (χ4n) is 4.41. The number of carbonyl (C=O) groups is 1. The molecular formula is C24H23F4N5O3S. The summed E-state index contributed by atoms with van der Waals surface area (Å²) in [4.78, 5) is 16.4. The highest BCUT2D eigenvalue weighted by Crippen LogP contribution is 2.41. The number of hydrogen-bond acceptors (Lipinski definition) is 5. The highest BCUT2D eigenvalue weighted by molar-refractivity contribution is 7.89. The Hall–Kier alpha value is -3.32. The van der Waals surface area contributed by atoms with Crippen molar-refractivity contribution in [3.05, 3.63) is 71.6 Å². The van der Waals surface area contributed by atoms with Crippen molar-refractivity contribution in [2.24, 2.45) is 0 Å². The molecule has 1 atom stereocenters. The lowest BCUT2D eigenvalue weighted by Gasteiger charge is -2.23. The first kappa shape index (κ1) is 25.3. The topological polar surface area (TPSA) is 97.2 Å². The van der Waals surface area contributed by atoms with Gasteiger partial charge in [-0.05, 0) is 62.1 Å². The van der Waals surface area contributed by atoms with E-state index in [1.165, 1.54) is 22.9 Å². The Labute approximate surface area is 210 Å². The second-order valence-corrected chi connectivity index (χ2v) is 11.0. The summed E-state index contributed by atoms with van der Waals surface area (Å²) in [6.45, 7) is 0.254. The van der Waals surface area contributed by atoms with E-state index in [-0.39, 0.29) is 23.9 Å². The lowest BCUT2D eigenvalue weighted by Crippen LogP contribution is -2.45. The van der Waals surface area contributed by atoms with Crippen LogP contribution in [0.2, 0.25) is 0 Å². The van der Waals surface area contributed by atoms with Gasteiger partial charge in [0.15, 0.2) is 0 Å². The summed E-state index contributed by atoms with van der Waals surface area (Å²) >= 11 is 0. The van der Waals surface area contributed by atoms with Crippen molar-refractivity contribution in [3.63, 3.8) is 0 Å². The van der Waals surface area contributed by atoms with E-state index in [1.807, 2.05) is 0 Å². The van der Waals surface area contributed by atoms with Crippen molar-refractivity contribution in [2.75, 3.05) is 6.54 Å². The van der Waals surface area contributed by atoms with Crippen LogP contribution in [-0.2, 0) is 27.5 Å². The molecule has 0 bridgehead atoms. The second kappa shape index (κ2) is 9.53. The molecule has 5 rings (SSSR count). The molecule has 1 N–H and O–H groups in total. The third kappa shape index (κ3) is 5.23. The predicted molar refractivity (Wildman–Crippen MR) is 123 cm³/mol. The van der Waals surface area contributed by atoms with Crippen LogP contribution in [-0.4, -0.2) is 46.0 Å². The number of halogens is 4. The van der Waals surface area contributed by atoms with Crippen molar-refractivity contribution in [3.8, 4) is 5.69 Å². The highest BCUT2D eigenvalue weighted by atomic mass is 32.2. The van der Waals surface area contributed by atoms with Gasteiger partial charge in [0, 0.05) is 30.8 Å².